The molecule has 4 atom stereocenters. The second-order valence-electron chi connectivity index (χ2n) is 6.90. The van der Waals surface area contributed by atoms with Crippen molar-refractivity contribution in [3.63, 3.8) is 0 Å². The maximum Gasteiger partial charge on any atom is 0.326 e. The molecule has 2 rings (SSSR count). The molecule has 12 nitrogen and oxygen atoms in total. The van der Waals surface area contributed by atoms with E-state index in [1.54, 1.807) is 0 Å². The lowest BCUT2D eigenvalue weighted by atomic mass is 10.1. The number of amides is 3. The Labute approximate surface area is 178 Å². The Morgan fingerprint density at radius 3 is 2.57 bits per heavy atom. The number of carboxylic acids is 1. The Morgan fingerprint density at radius 2 is 2.00 bits per heavy atom. The molecule has 1 aliphatic heterocycles. The lowest BCUT2D eigenvalue weighted by Crippen LogP contribution is -2.58. The lowest BCUT2D eigenvalue weighted by Gasteiger charge is -2.28. The highest BCUT2D eigenvalue weighted by atomic mass is 32.1. The van der Waals surface area contributed by atoms with Crippen LogP contribution < -0.4 is 16.4 Å². The third-order valence-corrected chi connectivity index (χ3v) is 5.16. The molecular formula is C17H26N6O6S. The second-order valence-corrected chi connectivity index (χ2v) is 7.27. The number of hydrogen-bond acceptors (Lipinski definition) is 8. The fourth-order valence-corrected chi connectivity index (χ4v) is 3.30. The van der Waals surface area contributed by atoms with Crippen LogP contribution in [0.3, 0.4) is 0 Å². The number of nitrogens with zero attached hydrogens (tertiary/aromatic N) is 2. The molecule has 1 saturated heterocycles. The van der Waals surface area contributed by atoms with Gasteiger partial charge in [0.05, 0.1) is 19.0 Å². The minimum atomic E-state index is -1.34. The molecule has 0 spiro atoms. The van der Waals surface area contributed by atoms with E-state index >= 15 is 0 Å². The van der Waals surface area contributed by atoms with E-state index in [1.807, 2.05) is 0 Å². The van der Waals surface area contributed by atoms with Gasteiger partial charge in [-0.15, -0.1) is 0 Å². The average molecular weight is 442 g/mol. The average Bonchev–Trinajstić information content (AvgIpc) is 3.41. The minimum absolute atomic E-state index is 0.0235. The summed E-state index contributed by atoms with van der Waals surface area (Å²) in [7, 11) is 0. The van der Waals surface area contributed by atoms with Gasteiger partial charge in [-0.25, -0.2) is 9.78 Å². The number of carbonyl (C=O) groups excluding carboxylic acids is 3. The summed E-state index contributed by atoms with van der Waals surface area (Å²) < 4.78 is 0. The van der Waals surface area contributed by atoms with Gasteiger partial charge in [-0.2, -0.15) is 12.6 Å². The summed E-state index contributed by atoms with van der Waals surface area (Å²) in [5.74, 6) is -3.13. The van der Waals surface area contributed by atoms with Gasteiger partial charge in [0.15, 0.2) is 0 Å². The SMILES string of the molecule is NC(CS)C(=O)NC(CO)C(=O)NC(Cc1cnc[nH]1)C(=O)N1CCCC1C(=O)O. The van der Waals surface area contributed by atoms with Crippen LogP contribution in [0.15, 0.2) is 12.5 Å². The first kappa shape index (κ1) is 23.6. The summed E-state index contributed by atoms with van der Waals surface area (Å²) in [6, 6.07) is -4.41. The van der Waals surface area contributed by atoms with Gasteiger partial charge in [0.2, 0.25) is 17.7 Å². The number of aliphatic hydroxyl groups excluding tert-OH is 1. The second kappa shape index (κ2) is 10.9. The number of hydrogen-bond donors (Lipinski definition) is 7. The van der Waals surface area contributed by atoms with Crippen molar-refractivity contribution >= 4 is 36.3 Å². The van der Waals surface area contributed by atoms with Crippen molar-refractivity contribution in [2.24, 2.45) is 5.73 Å². The molecule has 1 aliphatic rings. The van der Waals surface area contributed by atoms with Gasteiger partial charge in [-0.1, -0.05) is 0 Å². The van der Waals surface area contributed by atoms with E-state index in [1.165, 1.54) is 17.4 Å². The molecule has 166 valence electrons. The van der Waals surface area contributed by atoms with Crippen LogP contribution in [0.5, 0.6) is 0 Å². The molecule has 0 bridgehead atoms. The highest BCUT2D eigenvalue weighted by Crippen LogP contribution is 2.19. The zero-order valence-corrected chi connectivity index (χ0v) is 17.0. The van der Waals surface area contributed by atoms with Crippen molar-refractivity contribution in [1.82, 2.24) is 25.5 Å². The summed E-state index contributed by atoms with van der Waals surface area (Å²) in [6.07, 6.45) is 3.76. The Morgan fingerprint density at radius 1 is 1.30 bits per heavy atom. The number of carbonyl (C=O) groups is 4. The standard InChI is InChI=1S/C17H26N6O6S/c18-10(7-30)14(25)22-12(6-24)15(26)21-11(4-9-5-19-8-20-9)16(27)23-3-1-2-13(23)17(28)29/h5,8,10-13,24,30H,1-4,6-7,18H2,(H,19,20)(H,21,26)(H,22,25)(H,28,29). The largest absolute Gasteiger partial charge is 0.480 e. The van der Waals surface area contributed by atoms with E-state index < -0.39 is 54.5 Å². The minimum Gasteiger partial charge on any atom is -0.480 e. The number of rotatable bonds is 10. The van der Waals surface area contributed by atoms with Gasteiger partial charge in [0, 0.05) is 30.6 Å². The smallest absolute Gasteiger partial charge is 0.326 e. The van der Waals surface area contributed by atoms with E-state index in [0.717, 1.165) is 0 Å². The first-order valence-corrected chi connectivity index (χ1v) is 10.00. The molecule has 1 fully saturated rings. The Hall–Kier alpha value is -2.64. The number of likely N-dealkylation sites (tertiary alicyclic amines) is 1. The van der Waals surface area contributed by atoms with Crippen LogP contribution in [0.4, 0.5) is 0 Å². The Bertz CT molecular complexity index is 760. The zero-order chi connectivity index (χ0) is 22.3. The van der Waals surface area contributed by atoms with E-state index in [4.69, 9.17) is 5.73 Å². The fourth-order valence-electron chi connectivity index (χ4n) is 3.13. The van der Waals surface area contributed by atoms with Crippen LogP contribution in [-0.2, 0) is 25.6 Å². The fraction of sp³-hybridized carbons (Fsp3) is 0.588. The van der Waals surface area contributed by atoms with Crippen LogP contribution in [0.25, 0.3) is 0 Å². The number of aromatic nitrogens is 2. The quantitative estimate of drug-likeness (QED) is 0.190. The molecule has 0 aromatic carbocycles. The Balaban J connectivity index is 2.15. The van der Waals surface area contributed by atoms with Gasteiger partial charge >= 0.3 is 5.97 Å². The molecule has 0 aliphatic carbocycles. The van der Waals surface area contributed by atoms with Crippen molar-refractivity contribution in [2.45, 2.75) is 43.4 Å². The van der Waals surface area contributed by atoms with E-state index in [-0.39, 0.29) is 18.7 Å². The molecule has 13 heteroatoms. The van der Waals surface area contributed by atoms with Crippen LogP contribution >= 0.6 is 12.6 Å². The van der Waals surface area contributed by atoms with Crippen LogP contribution in [0.1, 0.15) is 18.5 Å². The van der Waals surface area contributed by atoms with Gasteiger partial charge in [0.25, 0.3) is 0 Å². The van der Waals surface area contributed by atoms with Crippen LogP contribution in [0.2, 0.25) is 0 Å². The maximum atomic E-state index is 13.0. The van der Waals surface area contributed by atoms with Gasteiger partial charge in [0.1, 0.15) is 18.1 Å². The summed E-state index contributed by atoms with van der Waals surface area (Å²) in [5.41, 5.74) is 6.10. The van der Waals surface area contributed by atoms with E-state index in [9.17, 15) is 29.4 Å². The monoisotopic (exact) mass is 442 g/mol. The summed E-state index contributed by atoms with van der Waals surface area (Å²) in [6.45, 7) is -0.467. The topological polar surface area (TPSA) is 191 Å². The first-order chi connectivity index (χ1) is 14.3. The first-order valence-electron chi connectivity index (χ1n) is 9.37. The normalized spacial score (nSPS) is 19.0. The number of nitrogens with one attached hydrogen (secondary N) is 3. The number of thiol groups is 1. The number of aliphatic hydroxyl groups is 1. The highest BCUT2D eigenvalue weighted by Gasteiger charge is 2.38. The van der Waals surface area contributed by atoms with Gasteiger partial charge < -0.3 is 36.5 Å². The molecule has 7 N–H and O–H groups in total. The Kier molecular flexibility index (Phi) is 8.62. The van der Waals surface area contributed by atoms with Crippen molar-refractivity contribution < 1.29 is 29.4 Å². The predicted molar refractivity (Wildman–Crippen MR) is 107 cm³/mol. The van der Waals surface area contributed by atoms with E-state index in [0.29, 0.717) is 18.5 Å². The third kappa shape index (κ3) is 5.93. The van der Waals surface area contributed by atoms with Crippen molar-refractivity contribution in [3.8, 4) is 0 Å². The summed E-state index contributed by atoms with van der Waals surface area (Å²) >= 11 is 3.91. The van der Waals surface area contributed by atoms with Gasteiger partial charge in [-0.3, -0.25) is 14.4 Å². The molecule has 0 saturated carbocycles. The van der Waals surface area contributed by atoms with Crippen molar-refractivity contribution in [1.29, 1.82) is 0 Å². The number of aromatic amines is 1. The maximum absolute atomic E-state index is 13.0. The lowest BCUT2D eigenvalue weighted by molar-refractivity contribution is -0.149. The highest BCUT2D eigenvalue weighted by molar-refractivity contribution is 7.80. The summed E-state index contributed by atoms with van der Waals surface area (Å²) in [4.78, 5) is 57.0. The molecule has 30 heavy (non-hydrogen) atoms. The van der Waals surface area contributed by atoms with Crippen molar-refractivity contribution in [2.75, 3.05) is 18.9 Å². The number of nitrogens with two attached hydrogens (primary N) is 1. The summed E-state index contributed by atoms with van der Waals surface area (Å²) in [5, 5.41) is 23.7. The molecule has 3 amide bonds. The van der Waals surface area contributed by atoms with Crippen LogP contribution in [-0.4, -0.2) is 91.8 Å². The number of carboxylic acid groups (broad SMARTS) is 1. The molecule has 4 unspecified atom stereocenters. The predicted octanol–water partition coefficient (Wildman–Crippen LogP) is -2.75. The molecule has 2 heterocycles. The molecular weight excluding hydrogens is 416 g/mol. The molecule has 1 aromatic rings. The molecule has 0 radical (unpaired) electrons. The molecule has 1 aromatic heterocycles. The van der Waals surface area contributed by atoms with Crippen molar-refractivity contribution in [3.05, 3.63) is 18.2 Å². The van der Waals surface area contributed by atoms with Gasteiger partial charge in [-0.05, 0) is 12.8 Å². The third-order valence-electron chi connectivity index (χ3n) is 4.76. The zero-order valence-electron chi connectivity index (χ0n) is 16.2. The number of H-pyrrole nitrogens is 1. The van der Waals surface area contributed by atoms with E-state index in [2.05, 4.69) is 33.2 Å². The number of imidazole rings is 1. The van der Waals surface area contributed by atoms with Crippen LogP contribution in [0, 0.1) is 0 Å². The number of aliphatic carboxylic acids is 1.